The molecular weight excluding hydrogens is 574 g/mol. The lowest BCUT2D eigenvalue weighted by molar-refractivity contribution is -0.160. The number of hydrogen-bond donors (Lipinski definition) is 0. The Morgan fingerprint density at radius 3 is 2.57 bits per heavy atom. The van der Waals surface area contributed by atoms with Crippen LogP contribution in [0.2, 0.25) is 0 Å². The summed E-state index contributed by atoms with van der Waals surface area (Å²) in [6.45, 7) is 16.3. The second-order valence-electron chi connectivity index (χ2n) is 17.0. The summed E-state index contributed by atoms with van der Waals surface area (Å²) < 4.78 is 19.2. The first-order valence-corrected chi connectivity index (χ1v) is 18.1. The maximum Gasteiger partial charge on any atom is 0.410 e. The molecule has 0 N–H and O–H groups in total. The van der Waals surface area contributed by atoms with Crippen molar-refractivity contribution in [1.82, 2.24) is 4.90 Å². The van der Waals surface area contributed by atoms with Gasteiger partial charge in [0.2, 0.25) is 0 Å². The van der Waals surface area contributed by atoms with E-state index < -0.39 is 5.41 Å². The van der Waals surface area contributed by atoms with Gasteiger partial charge in [-0.05, 0) is 113 Å². The first-order valence-electron chi connectivity index (χ1n) is 18.1. The van der Waals surface area contributed by atoms with Crippen molar-refractivity contribution in [3.63, 3.8) is 0 Å². The predicted octanol–water partition coefficient (Wildman–Crippen LogP) is 8.65. The zero-order valence-corrected chi connectivity index (χ0v) is 29.1. The van der Waals surface area contributed by atoms with Crippen LogP contribution in [0.4, 0.5) is 4.79 Å². The summed E-state index contributed by atoms with van der Waals surface area (Å²) in [6.07, 6.45) is 10.7. The number of benzene rings is 1. The molecule has 1 aromatic carbocycles. The second kappa shape index (κ2) is 11.5. The molecule has 6 aliphatic rings. The van der Waals surface area contributed by atoms with Gasteiger partial charge in [-0.1, -0.05) is 68.3 Å². The summed E-state index contributed by atoms with van der Waals surface area (Å²) >= 11 is 0. The van der Waals surface area contributed by atoms with E-state index in [1.165, 1.54) is 11.1 Å². The molecule has 7 rings (SSSR count). The third kappa shape index (κ3) is 5.16. The van der Waals surface area contributed by atoms with Gasteiger partial charge < -0.3 is 19.1 Å². The molecule has 2 saturated carbocycles. The number of nitrogens with zero attached hydrogens (tertiary/aromatic N) is 1. The highest BCUT2D eigenvalue weighted by Gasteiger charge is 2.62. The molecule has 2 heterocycles. The number of likely N-dealkylation sites (tertiary alicyclic amines) is 1. The summed E-state index contributed by atoms with van der Waals surface area (Å²) in [5.74, 6) is 2.41. The normalized spacial score (nSPS) is 40.1. The first kappa shape index (κ1) is 32.0. The summed E-state index contributed by atoms with van der Waals surface area (Å²) in [6, 6.07) is 9.99. The molecule has 250 valence electrons. The minimum Gasteiger partial charge on any atom is -0.462 e. The van der Waals surface area contributed by atoms with Gasteiger partial charge in [-0.3, -0.25) is 4.79 Å². The molecule has 0 unspecified atom stereocenters. The van der Waals surface area contributed by atoms with Gasteiger partial charge in [-0.2, -0.15) is 0 Å². The number of carbonyl (C=O) groups excluding carboxylic acids is 2. The zero-order valence-electron chi connectivity index (χ0n) is 29.1. The fourth-order valence-corrected chi connectivity index (χ4v) is 10.7. The van der Waals surface area contributed by atoms with Crippen LogP contribution in [0.1, 0.15) is 105 Å². The lowest BCUT2D eigenvalue weighted by Gasteiger charge is -2.49. The van der Waals surface area contributed by atoms with Crippen LogP contribution in [0.3, 0.4) is 0 Å². The van der Waals surface area contributed by atoms with Crippen LogP contribution in [-0.4, -0.2) is 47.4 Å². The van der Waals surface area contributed by atoms with Crippen molar-refractivity contribution >= 4 is 12.1 Å². The van der Waals surface area contributed by atoms with Gasteiger partial charge in [-0.25, -0.2) is 4.79 Å². The molecule has 6 heteroatoms. The van der Waals surface area contributed by atoms with E-state index >= 15 is 0 Å². The zero-order chi connectivity index (χ0) is 32.6. The number of hydrogen-bond acceptors (Lipinski definition) is 5. The van der Waals surface area contributed by atoms with E-state index in [4.69, 9.17) is 14.2 Å². The fraction of sp³-hybridized carbons (Fsp3) is 0.700. The van der Waals surface area contributed by atoms with Crippen LogP contribution in [0.5, 0.6) is 0 Å². The van der Waals surface area contributed by atoms with Gasteiger partial charge in [0.05, 0.1) is 23.2 Å². The maximum absolute atomic E-state index is 13.6. The smallest absolute Gasteiger partial charge is 0.410 e. The van der Waals surface area contributed by atoms with Gasteiger partial charge in [0.15, 0.2) is 0 Å². The minimum atomic E-state index is -0.470. The number of allylic oxidation sites excluding steroid dienone is 2. The van der Waals surface area contributed by atoms with Crippen LogP contribution >= 0.6 is 0 Å². The Balaban J connectivity index is 1.10. The Hall–Kier alpha value is -2.60. The molecule has 2 saturated heterocycles. The highest BCUT2D eigenvalue weighted by molar-refractivity contribution is 5.75. The van der Waals surface area contributed by atoms with Crippen LogP contribution in [-0.2, 0) is 25.6 Å². The van der Waals surface area contributed by atoms with E-state index in [2.05, 4.69) is 33.8 Å². The monoisotopic (exact) mass is 629 g/mol. The summed E-state index contributed by atoms with van der Waals surface area (Å²) in [5, 5.41) is 0. The Bertz CT molecular complexity index is 1420. The van der Waals surface area contributed by atoms with Gasteiger partial charge in [0.25, 0.3) is 0 Å². The summed E-state index contributed by atoms with van der Waals surface area (Å²) in [7, 11) is 0. The highest BCUT2D eigenvalue weighted by Crippen LogP contribution is 2.65. The Morgan fingerprint density at radius 2 is 1.83 bits per heavy atom. The predicted molar refractivity (Wildman–Crippen MR) is 179 cm³/mol. The molecule has 1 amide bonds. The highest BCUT2D eigenvalue weighted by atomic mass is 16.6. The average molecular weight is 630 g/mol. The van der Waals surface area contributed by atoms with Gasteiger partial charge in [0, 0.05) is 18.9 Å². The number of fused-ring (bicyclic) bond motifs is 6. The number of piperidine rings is 1. The molecule has 46 heavy (non-hydrogen) atoms. The van der Waals surface area contributed by atoms with Crippen molar-refractivity contribution in [2.75, 3.05) is 6.54 Å². The van der Waals surface area contributed by atoms with Crippen LogP contribution in [0.15, 0.2) is 53.1 Å². The van der Waals surface area contributed by atoms with Crippen molar-refractivity contribution in [3.05, 3.63) is 58.7 Å². The fourth-order valence-electron chi connectivity index (χ4n) is 10.7. The standard InChI is InChI=1S/C40H55NO5/c1-24-19-34-35(41(22-24)37(43)44-23-27-11-9-8-10-12-27)26(3)40(46-34)18-16-30-31-14-13-28-20-29(45-36(42)38(4,5)6)15-17-39(28,7)33(31)21-32(30)25(40)2/h8-13,24,26,29-31,33-35H,14-23H2,1-7H3/t24-,26+,29-,30-,31-,33-,34+,35-,39-,40-/m0/s1. The molecule has 1 aromatic rings. The van der Waals surface area contributed by atoms with E-state index in [9.17, 15) is 9.59 Å². The molecule has 2 aliphatic heterocycles. The molecule has 4 aliphatic carbocycles. The number of carbonyl (C=O) groups is 2. The number of ether oxygens (including phenoxy) is 3. The lowest BCUT2D eigenvalue weighted by Crippen LogP contribution is -2.54. The third-order valence-corrected chi connectivity index (χ3v) is 13.3. The van der Waals surface area contributed by atoms with Crippen molar-refractivity contribution in [2.24, 2.45) is 40.4 Å². The van der Waals surface area contributed by atoms with E-state index in [1.54, 1.807) is 5.57 Å². The Labute approximate surface area is 276 Å². The molecule has 0 radical (unpaired) electrons. The van der Waals surface area contributed by atoms with E-state index in [0.29, 0.717) is 30.3 Å². The number of esters is 1. The molecule has 6 nitrogen and oxygen atoms in total. The second-order valence-corrected chi connectivity index (χ2v) is 17.0. The van der Waals surface area contributed by atoms with Crippen LogP contribution in [0.25, 0.3) is 0 Å². The molecule has 10 atom stereocenters. The summed E-state index contributed by atoms with van der Waals surface area (Å²) in [5.41, 5.74) is 5.02. The van der Waals surface area contributed by atoms with E-state index in [-0.39, 0.29) is 47.2 Å². The van der Waals surface area contributed by atoms with Crippen LogP contribution < -0.4 is 0 Å². The third-order valence-electron chi connectivity index (χ3n) is 13.3. The largest absolute Gasteiger partial charge is 0.462 e. The molecule has 1 spiro atoms. The topological polar surface area (TPSA) is 65.1 Å². The Morgan fingerprint density at radius 1 is 1.07 bits per heavy atom. The van der Waals surface area contributed by atoms with Crippen molar-refractivity contribution in [3.8, 4) is 0 Å². The first-order chi connectivity index (χ1) is 21.8. The molecular formula is C40H55NO5. The SMILES string of the molecule is CC1=C2C[C@H]3[C@@H](CC=C4C[C@@H](OC(=O)C(C)(C)C)CC[C@@]43C)[C@@H]2CC[C@]12O[C@@H]1C[C@H](C)CN(C(=O)OCc3ccccc3)[C@H]1[C@H]2C. The minimum absolute atomic E-state index is 0.00342. The van der Waals surface area contributed by atoms with Crippen molar-refractivity contribution in [2.45, 2.75) is 130 Å². The number of rotatable bonds is 3. The van der Waals surface area contributed by atoms with E-state index in [1.807, 2.05) is 56.0 Å². The maximum atomic E-state index is 13.6. The van der Waals surface area contributed by atoms with E-state index in [0.717, 1.165) is 63.5 Å². The Kier molecular flexibility index (Phi) is 8.01. The van der Waals surface area contributed by atoms with Crippen LogP contribution in [0, 0.1) is 40.4 Å². The van der Waals surface area contributed by atoms with Crippen molar-refractivity contribution < 1.29 is 23.8 Å². The molecule has 0 aromatic heterocycles. The van der Waals surface area contributed by atoms with Crippen molar-refractivity contribution in [1.29, 1.82) is 0 Å². The molecule has 0 bridgehead atoms. The van der Waals surface area contributed by atoms with Gasteiger partial charge >= 0.3 is 12.1 Å². The van der Waals surface area contributed by atoms with Gasteiger partial charge in [0.1, 0.15) is 12.7 Å². The van der Waals surface area contributed by atoms with Gasteiger partial charge in [-0.15, -0.1) is 0 Å². The number of amides is 1. The molecule has 4 fully saturated rings. The average Bonchev–Trinajstić information content (AvgIpc) is 3.54. The quantitative estimate of drug-likeness (QED) is 0.247. The summed E-state index contributed by atoms with van der Waals surface area (Å²) in [4.78, 5) is 28.3. The lowest BCUT2D eigenvalue weighted by atomic mass is 9.56.